The SMILES string of the molecule is CN1CCN(C(=O)c2ccc3c(c2)CCCC3)Cc2ccccc21. The summed E-state index contributed by atoms with van der Waals surface area (Å²) in [6, 6.07) is 14.7. The van der Waals surface area contributed by atoms with Crippen molar-refractivity contribution in [2.75, 3.05) is 25.0 Å². The number of nitrogens with zero attached hydrogens (tertiary/aromatic N) is 2. The molecular weight excluding hydrogens is 296 g/mol. The second kappa shape index (κ2) is 6.31. The summed E-state index contributed by atoms with van der Waals surface area (Å²) in [6.07, 6.45) is 4.79. The normalized spacial score (nSPS) is 17.0. The van der Waals surface area contributed by atoms with Crippen molar-refractivity contribution in [2.24, 2.45) is 0 Å². The van der Waals surface area contributed by atoms with Gasteiger partial charge >= 0.3 is 0 Å². The summed E-state index contributed by atoms with van der Waals surface area (Å²) < 4.78 is 0. The minimum absolute atomic E-state index is 0.161. The lowest BCUT2D eigenvalue weighted by atomic mass is 9.90. The van der Waals surface area contributed by atoms with E-state index in [1.807, 2.05) is 11.0 Å². The second-order valence-corrected chi connectivity index (χ2v) is 6.97. The van der Waals surface area contributed by atoms with Gasteiger partial charge in [-0.05, 0) is 60.6 Å². The van der Waals surface area contributed by atoms with Crippen molar-refractivity contribution in [3.8, 4) is 0 Å². The zero-order chi connectivity index (χ0) is 16.5. The highest BCUT2D eigenvalue weighted by Crippen LogP contribution is 2.26. The number of likely N-dealkylation sites (N-methyl/N-ethyl adjacent to an activating group) is 1. The van der Waals surface area contributed by atoms with Gasteiger partial charge < -0.3 is 9.80 Å². The molecule has 0 unspecified atom stereocenters. The Morgan fingerprint density at radius 1 is 0.917 bits per heavy atom. The summed E-state index contributed by atoms with van der Waals surface area (Å²) in [6.45, 7) is 2.32. The van der Waals surface area contributed by atoms with Gasteiger partial charge in [0.1, 0.15) is 0 Å². The van der Waals surface area contributed by atoms with Crippen LogP contribution in [0.15, 0.2) is 42.5 Å². The molecule has 124 valence electrons. The van der Waals surface area contributed by atoms with Crippen LogP contribution in [0.25, 0.3) is 0 Å². The lowest BCUT2D eigenvalue weighted by Crippen LogP contribution is -2.34. The Morgan fingerprint density at radius 3 is 2.58 bits per heavy atom. The highest BCUT2D eigenvalue weighted by molar-refractivity contribution is 5.94. The van der Waals surface area contributed by atoms with Gasteiger partial charge in [0.05, 0.1) is 0 Å². The van der Waals surface area contributed by atoms with E-state index < -0.39 is 0 Å². The molecule has 1 amide bonds. The van der Waals surface area contributed by atoms with Crippen LogP contribution in [0.4, 0.5) is 5.69 Å². The van der Waals surface area contributed by atoms with Gasteiger partial charge in [0, 0.05) is 37.9 Å². The maximum atomic E-state index is 13.1. The number of anilines is 1. The largest absolute Gasteiger partial charge is 0.373 e. The molecule has 24 heavy (non-hydrogen) atoms. The number of hydrogen-bond acceptors (Lipinski definition) is 2. The third kappa shape index (κ3) is 2.79. The van der Waals surface area contributed by atoms with Crippen molar-refractivity contribution in [1.82, 2.24) is 4.90 Å². The van der Waals surface area contributed by atoms with E-state index in [1.54, 1.807) is 0 Å². The molecule has 1 heterocycles. The second-order valence-electron chi connectivity index (χ2n) is 6.97. The van der Waals surface area contributed by atoms with Crippen LogP contribution in [0.2, 0.25) is 0 Å². The molecule has 2 aliphatic rings. The van der Waals surface area contributed by atoms with Gasteiger partial charge in [-0.1, -0.05) is 24.3 Å². The Labute approximate surface area is 143 Å². The summed E-state index contributed by atoms with van der Waals surface area (Å²) in [4.78, 5) is 17.3. The standard InChI is InChI=1S/C21H24N2O/c1-22-12-13-23(15-19-8-4-5-9-20(19)22)21(24)18-11-10-16-6-2-3-7-17(16)14-18/h4-5,8-11,14H,2-3,6-7,12-13,15H2,1H3. The Morgan fingerprint density at radius 2 is 1.71 bits per heavy atom. The molecule has 0 atom stereocenters. The van der Waals surface area contributed by atoms with E-state index in [9.17, 15) is 4.79 Å². The van der Waals surface area contributed by atoms with Gasteiger partial charge in [0.25, 0.3) is 5.91 Å². The zero-order valence-electron chi connectivity index (χ0n) is 14.3. The van der Waals surface area contributed by atoms with Crippen LogP contribution in [-0.2, 0) is 19.4 Å². The minimum Gasteiger partial charge on any atom is -0.373 e. The van der Waals surface area contributed by atoms with Gasteiger partial charge in [0.2, 0.25) is 0 Å². The molecule has 0 bridgehead atoms. The quantitative estimate of drug-likeness (QED) is 0.800. The maximum absolute atomic E-state index is 13.1. The molecule has 0 aromatic heterocycles. The number of para-hydroxylation sites is 1. The molecule has 2 aromatic rings. The molecule has 0 spiro atoms. The summed E-state index contributed by atoms with van der Waals surface area (Å²) in [7, 11) is 2.10. The Bertz CT molecular complexity index is 768. The molecule has 0 saturated carbocycles. The predicted octanol–water partition coefficient (Wildman–Crippen LogP) is 3.66. The zero-order valence-corrected chi connectivity index (χ0v) is 14.3. The first-order valence-electron chi connectivity index (χ1n) is 8.92. The molecule has 1 aliphatic heterocycles. The van der Waals surface area contributed by atoms with Crippen molar-refractivity contribution in [1.29, 1.82) is 0 Å². The number of carbonyl (C=O) groups is 1. The number of aryl methyl sites for hydroxylation is 2. The summed E-state index contributed by atoms with van der Waals surface area (Å²) in [5.74, 6) is 0.161. The molecule has 1 aliphatic carbocycles. The van der Waals surface area contributed by atoms with E-state index in [0.717, 1.165) is 31.5 Å². The lowest BCUT2D eigenvalue weighted by molar-refractivity contribution is 0.0751. The van der Waals surface area contributed by atoms with Crippen molar-refractivity contribution in [2.45, 2.75) is 32.2 Å². The molecule has 2 aromatic carbocycles. The minimum atomic E-state index is 0.161. The van der Waals surface area contributed by atoms with Gasteiger partial charge in [-0.3, -0.25) is 4.79 Å². The van der Waals surface area contributed by atoms with E-state index in [-0.39, 0.29) is 5.91 Å². The monoisotopic (exact) mass is 320 g/mol. The predicted molar refractivity (Wildman–Crippen MR) is 97.5 cm³/mol. The van der Waals surface area contributed by atoms with Crippen LogP contribution in [0, 0.1) is 0 Å². The lowest BCUT2D eigenvalue weighted by Gasteiger charge is -2.22. The molecule has 0 saturated heterocycles. The van der Waals surface area contributed by atoms with E-state index in [1.165, 1.54) is 35.2 Å². The van der Waals surface area contributed by atoms with E-state index in [0.29, 0.717) is 6.54 Å². The van der Waals surface area contributed by atoms with Crippen molar-refractivity contribution in [3.05, 3.63) is 64.7 Å². The number of hydrogen-bond donors (Lipinski definition) is 0. The summed E-state index contributed by atoms with van der Waals surface area (Å²) >= 11 is 0. The fraction of sp³-hybridized carbons (Fsp3) is 0.381. The van der Waals surface area contributed by atoms with Crippen LogP contribution >= 0.6 is 0 Å². The molecule has 4 rings (SSSR count). The molecule has 0 N–H and O–H groups in total. The number of fused-ring (bicyclic) bond motifs is 2. The number of carbonyl (C=O) groups excluding carboxylic acids is 1. The average Bonchev–Trinajstić information content (AvgIpc) is 2.80. The first-order valence-corrected chi connectivity index (χ1v) is 8.92. The highest BCUT2D eigenvalue weighted by atomic mass is 16.2. The van der Waals surface area contributed by atoms with Crippen molar-refractivity contribution >= 4 is 11.6 Å². The maximum Gasteiger partial charge on any atom is 0.254 e. The molecule has 0 fully saturated rings. The van der Waals surface area contributed by atoms with Crippen LogP contribution in [0.1, 0.15) is 39.9 Å². The first kappa shape index (κ1) is 15.3. The summed E-state index contributed by atoms with van der Waals surface area (Å²) in [5.41, 5.74) is 6.11. The topological polar surface area (TPSA) is 23.6 Å². The fourth-order valence-electron chi connectivity index (χ4n) is 3.92. The fourth-order valence-corrected chi connectivity index (χ4v) is 3.92. The average molecular weight is 320 g/mol. The number of amides is 1. The van der Waals surface area contributed by atoms with Gasteiger partial charge in [-0.15, -0.1) is 0 Å². The third-order valence-corrected chi connectivity index (χ3v) is 5.35. The Balaban J connectivity index is 1.61. The molecular formula is C21H24N2O. The van der Waals surface area contributed by atoms with Crippen LogP contribution in [0.3, 0.4) is 0 Å². The molecule has 3 nitrogen and oxygen atoms in total. The smallest absolute Gasteiger partial charge is 0.254 e. The van der Waals surface area contributed by atoms with Crippen molar-refractivity contribution in [3.63, 3.8) is 0 Å². The van der Waals surface area contributed by atoms with Crippen molar-refractivity contribution < 1.29 is 4.79 Å². The van der Waals surface area contributed by atoms with Crippen LogP contribution in [0.5, 0.6) is 0 Å². The van der Waals surface area contributed by atoms with Crippen LogP contribution in [-0.4, -0.2) is 30.9 Å². The Kier molecular flexibility index (Phi) is 4.01. The van der Waals surface area contributed by atoms with E-state index in [2.05, 4.69) is 48.3 Å². The highest BCUT2D eigenvalue weighted by Gasteiger charge is 2.23. The van der Waals surface area contributed by atoms with Crippen LogP contribution < -0.4 is 4.90 Å². The molecule has 3 heteroatoms. The molecule has 0 radical (unpaired) electrons. The van der Waals surface area contributed by atoms with E-state index >= 15 is 0 Å². The number of rotatable bonds is 1. The number of benzene rings is 2. The van der Waals surface area contributed by atoms with Gasteiger partial charge in [0.15, 0.2) is 0 Å². The van der Waals surface area contributed by atoms with Gasteiger partial charge in [-0.25, -0.2) is 0 Å². The third-order valence-electron chi connectivity index (χ3n) is 5.35. The van der Waals surface area contributed by atoms with Gasteiger partial charge in [-0.2, -0.15) is 0 Å². The first-order chi connectivity index (χ1) is 11.7. The Hall–Kier alpha value is -2.29. The summed E-state index contributed by atoms with van der Waals surface area (Å²) in [5, 5.41) is 0. The van der Waals surface area contributed by atoms with E-state index in [4.69, 9.17) is 0 Å².